The fraction of sp³-hybridized carbons (Fsp3) is 0.344. The van der Waals surface area contributed by atoms with Gasteiger partial charge in [-0.15, -0.1) is 0 Å². The third-order valence-electron chi connectivity index (χ3n) is 7.85. The first kappa shape index (κ1) is 28.8. The molecular weight excluding hydrogens is 532 g/mol. The molecule has 3 heterocycles. The molecule has 5 rings (SSSR count). The molecule has 2 aromatic carbocycles. The Morgan fingerprint density at radius 2 is 1.45 bits per heavy atom. The lowest BCUT2D eigenvalue weighted by Crippen LogP contribution is -2.50. The lowest BCUT2D eigenvalue weighted by molar-refractivity contribution is 0.0535. The number of pyridine rings is 1. The number of piperazine rings is 1. The molecule has 1 N–H and O–H groups in total. The van der Waals surface area contributed by atoms with Gasteiger partial charge in [0.15, 0.2) is 0 Å². The van der Waals surface area contributed by atoms with Crippen LogP contribution in [0.1, 0.15) is 55.2 Å². The average Bonchev–Trinajstić information content (AvgIpc) is 3.05. The highest BCUT2D eigenvalue weighted by atomic mass is 16.5. The van der Waals surface area contributed by atoms with Crippen molar-refractivity contribution in [3.05, 3.63) is 94.8 Å². The minimum atomic E-state index is -0.245. The fourth-order valence-corrected chi connectivity index (χ4v) is 5.30. The predicted molar refractivity (Wildman–Crippen MR) is 156 cm³/mol. The summed E-state index contributed by atoms with van der Waals surface area (Å²) >= 11 is 0. The number of aromatic nitrogens is 1. The molecule has 0 atom stereocenters. The fourth-order valence-electron chi connectivity index (χ4n) is 5.30. The summed E-state index contributed by atoms with van der Waals surface area (Å²) < 4.78 is 5.15. The van der Waals surface area contributed by atoms with Crippen molar-refractivity contribution in [3.63, 3.8) is 0 Å². The van der Waals surface area contributed by atoms with Gasteiger partial charge in [0.05, 0.1) is 24.3 Å². The van der Waals surface area contributed by atoms with E-state index < -0.39 is 0 Å². The quantitative estimate of drug-likeness (QED) is 0.467. The topological polar surface area (TPSA) is 119 Å². The zero-order valence-corrected chi connectivity index (χ0v) is 23.7. The maximum atomic E-state index is 13.1. The van der Waals surface area contributed by atoms with Crippen LogP contribution in [0.25, 0.3) is 0 Å². The Bertz CT molecular complexity index is 1430. The Hall–Kier alpha value is -4.75. The Balaban J connectivity index is 1.06. The molecule has 0 bridgehead atoms. The van der Waals surface area contributed by atoms with Gasteiger partial charge in [0.25, 0.3) is 17.7 Å². The minimum Gasteiger partial charge on any atom is -0.497 e. The molecular formula is C32H34N6O4. The van der Waals surface area contributed by atoms with E-state index in [9.17, 15) is 14.4 Å². The summed E-state index contributed by atoms with van der Waals surface area (Å²) in [4.78, 5) is 48.8. The number of carbonyl (C=O) groups is 3. The van der Waals surface area contributed by atoms with Crippen molar-refractivity contribution in [3.8, 4) is 11.8 Å². The van der Waals surface area contributed by atoms with E-state index in [1.54, 1.807) is 53.3 Å². The molecule has 42 heavy (non-hydrogen) atoms. The molecule has 10 heteroatoms. The van der Waals surface area contributed by atoms with Gasteiger partial charge in [-0.3, -0.25) is 24.3 Å². The van der Waals surface area contributed by atoms with Crippen LogP contribution in [0.4, 0.5) is 0 Å². The Morgan fingerprint density at radius 3 is 2.00 bits per heavy atom. The molecule has 2 fully saturated rings. The largest absolute Gasteiger partial charge is 0.497 e. The smallest absolute Gasteiger partial charge is 0.270 e. The molecule has 2 aliphatic rings. The number of likely N-dealkylation sites (tertiary alicyclic amines) is 1. The summed E-state index contributed by atoms with van der Waals surface area (Å²) in [6, 6.07) is 20.1. The highest BCUT2D eigenvalue weighted by molar-refractivity contribution is 5.97. The maximum Gasteiger partial charge on any atom is 0.270 e. The number of rotatable bonds is 7. The molecule has 10 nitrogen and oxygen atoms in total. The highest BCUT2D eigenvalue weighted by Crippen LogP contribution is 2.17. The van der Waals surface area contributed by atoms with Gasteiger partial charge in [-0.2, -0.15) is 5.26 Å². The van der Waals surface area contributed by atoms with Crippen LogP contribution in [0, 0.1) is 11.3 Å². The van der Waals surface area contributed by atoms with Crippen LogP contribution in [-0.4, -0.2) is 89.8 Å². The van der Waals surface area contributed by atoms with Crippen LogP contribution in [-0.2, 0) is 6.54 Å². The number of nitrogens with zero attached hydrogens (tertiary/aromatic N) is 5. The number of methoxy groups -OCH3 is 1. The first-order chi connectivity index (χ1) is 20.4. The first-order valence-electron chi connectivity index (χ1n) is 14.1. The van der Waals surface area contributed by atoms with E-state index in [1.807, 2.05) is 24.3 Å². The standard InChI is InChI=1S/C32H34N6O4/c1-42-28-9-6-25(7-10-28)31(40)37-16-18-38(19-17-37)32(41)26-8-11-29(34-21-26)30(39)35-27-12-14-36(15-13-27)22-24-4-2-23(20-33)3-5-24/h2-11,21,27H,12-19,22H2,1H3,(H,35,39). The minimum absolute atomic E-state index is 0.0646. The van der Waals surface area contributed by atoms with E-state index >= 15 is 0 Å². The normalized spacial score (nSPS) is 16.0. The van der Waals surface area contributed by atoms with E-state index in [0.717, 1.165) is 32.5 Å². The lowest BCUT2D eigenvalue weighted by Gasteiger charge is -2.34. The van der Waals surface area contributed by atoms with Gasteiger partial charge in [-0.05, 0) is 66.9 Å². The van der Waals surface area contributed by atoms with Crippen molar-refractivity contribution in [2.75, 3.05) is 46.4 Å². The van der Waals surface area contributed by atoms with Crippen LogP contribution in [0.2, 0.25) is 0 Å². The van der Waals surface area contributed by atoms with Gasteiger partial charge in [0, 0.05) is 63.6 Å². The second kappa shape index (κ2) is 13.3. The van der Waals surface area contributed by atoms with Crippen LogP contribution in [0.15, 0.2) is 66.9 Å². The summed E-state index contributed by atoms with van der Waals surface area (Å²) in [6.07, 6.45) is 3.13. The highest BCUT2D eigenvalue weighted by Gasteiger charge is 2.26. The zero-order chi connectivity index (χ0) is 29.5. The molecule has 216 valence electrons. The second-order valence-corrected chi connectivity index (χ2v) is 10.6. The van der Waals surface area contributed by atoms with Crippen molar-refractivity contribution in [2.45, 2.75) is 25.4 Å². The number of piperidine rings is 1. The van der Waals surface area contributed by atoms with Crippen LogP contribution in [0.5, 0.6) is 5.75 Å². The van der Waals surface area contributed by atoms with Crippen LogP contribution >= 0.6 is 0 Å². The molecule has 0 spiro atoms. The van der Waals surface area contributed by atoms with Gasteiger partial charge >= 0.3 is 0 Å². The Morgan fingerprint density at radius 1 is 0.857 bits per heavy atom. The monoisotopic (exact) mass is 566 g/mol. The van der Waals surface area contributed by atoms with Gasteiger partial charge in [-0.1, -0.05) is 12.1 Å². The van der Waals surface area contributed by atoms with Crippen molar-refractivity contribution in [1.82, 2.24) is 25.0 Å². The number of hydrogen-bond donors (Lipinski definition) is 1. The summed E-state index contributed by atoms with van der Waals surface area (Å²) in [6.45, 7) is 4.28. The molecule has 0 saturated carbocycles. The SMILES string of the molecule is COc1ccc(C(=O)N2CCN(C(=O)c3ccc(C(=O)NC4CCN(Cc5ccc(C#N)cc5)CC4)nc3)CC2)cc1. The molecule has 2 aliphatic heterocycles. The molecule has 1 aromatic heterocycles. The lowest BCUT2D eigenvalue weighted by atomic mass is 10.0. The van der Waals surface area contributed by atoms with E-state index in [1.165, 1.54) is 11.8 Å². The van der Waals surface area contributed by atoms with Crippen molar-refractivity contribution in [2.24, 2.45) is 0 Å². The Labute approximate surface area is 245 Å². The molecule has 0 aliphatic carbocycles. The third-order valence-corrected chi connectivity index (χ3v) is 7.85. The summed E-state index contributed by atoms with van der Waals surface area (Å²) in [5.74, 6) is 0.210. The van der Waals surface area contributed by atoms with Crippen molar-refractivity contribution in [1.29, 1.82) is 5.26 Å². The molecule has 3 aromatic rings. The van der Waals surface area contributed by atoms with Crippen LogP contribution < -0.4 is 10.1 Å². The molecule has 0 unspecified atom stereocenters. The number of amides is 3. The molecule has 2 saturated heterocycles. The van der Waals surface area contributed by atoms with Crippen molar-refractivity contribution < 1.29 is 19.1 Å². The number of hydrogen-bond acceptors (Lipinski definition) is 7. The van der Waals surface area contributed by atoms with Gasteiger partial charge in [0.2, 0.25) is 0 Å². The van der Waals surface area contributed by atoms with E-state index in [0.29, 0.717) is 48.6 Å². The average molecular weight is 567 g/mol. The summed E-state index contributed by atoms with van der Waals surface area (Å²) in [7, 11) is 1.58. The number of nitriles is 1. The number of benzene rings is 2. The molecule has 3 amide bonds. The van der Waals surface area contributed by atoms with Gasteiger partial charge in [-0.25, -0.2) is 0 Å². The Kier molecular flexibility index (Phi) is 9.09. The van der Waals surface area contributed by atoms with E-state index in [-0.39, 0.29) is 29.5 Å². The first-order valence-corrected chi connectivity index (χ1v) is 14.1. The maximum absolute atomic E-state index is 13.1. The number of ether oxygens (including phenoxy) is 1. The van der Waals surface area contributed by atoms with E-state index in [4.69, 9.17) is 10.00 Å². The predicted octanol–water partition coefficient (Wildman–Crippen LogP) is 2.95. The van der Waals surface area contributed by atoms with Crippen molar-refractivity contribution >= 4 is 17.7 Å². The number of nitrogens with one attached hydrogen (secondary N) is 1. The van der Waals surface area contributed by atoms with Crippen LogP contribution in [0.3, 0.4) is 0 Å². The number of carbonyl (C=O) groups excluding carboxylic acids is 3. The molecule has 0 radical (unpaired) electrons. The van der Waals surface area contributed by atoms with Gasteiger partial charge < -0.3 is 19.9 Å². The van der Waals surface area contributed by atoms with E-state index in [2.05, 4.69) is 21.3 Å². The summed E-state index contributed by atoms with van der Waals surface area (Å²) in [5, 5.41) is 12.0. The zero-order valence-electron chi connectivity index (χ0n) is 23.7. The second-order valence-electron chi connectivity index (χ2n) is 10.6. The van der Waals surface area contributed by atoms with Gasteiger partial charge in [0.1, 0.15) is 11.4 Å². The third kappa shape index (κ3) is 6.93. The summed E-state index contributed by atoms with van der Waals surface area (Å²) in [5.41, 5.74) is 3.10.